The van der Waals surface area contributed by atoms with Crippen LogP contribution < -0.4 is 0 Å². The molecule has 408 valence electrons. The lowest BCUT2D eigenvalue weighted by Crippen LogP contribution is -2.56. The van der Waals surface area contributed by atoms with Crippen molar-refractivity contribution in [3.05, 3.63) is 144 Å². The van der Waals surface area contributed by atoms with E-state index in [0.717, 1.165) is 19.6 Å². The van der Waals surface area contributed by atoms with E-state index in [2.05, 4.69) is 0 Å². The molecule has 0 saturated carbocycles. The van der Waals surface area contributed by atoms with Gasteiger partial charge in [0.1, 0.15) is 24.2 Å². The summed E-state index contributed by atoms with van der Waals surface area (Å²) in [5.41, 5.74) is 2.61. The van der Waals surface area contributed by atoms with E-state index in [4.69, 9.17) is 18.9 Å². The van der Waals surface area contributed by atoms with E-state index < -0.39 is 120 Å². The minimum absolute atomic E-state index is 0.0626. The average Bonchev–Trinajstić information content (AvgIpc) is 3.40. The first-order chi connectivity index (χ1) is 36.0. The Morgan fingerprint density at radius 3 is 0.605 bits per heavy atom. The fraction of sp³-hybridized carbons (Fsp3) is 0.467. The molecular formula is C60H76N4O12. The maximum absolute atomic E-state index is 14.9. The van der Waals surface area contributed by atoms with Gasteiger partial charge in [-0.3, -0.25) is 19.2 Å². The summed E-state index contributed by atoms with van der Waals surface area (Å²) >= 11 is 0. The fourth-order valence-corrected chi connectivity index (χ4v) is 8.98. The Balaban J connectivity index is 1.69. The number of rotatable bonds is 12. The second kappa shape index (κ2) is 27.4. The highest BCUT2D eigenvalue weighted by atomic mass is 16.6. The third kappa shape index (κ3) is 15.4. The van der Waals surface area contributed by atoms with E-state index in [1.807, 2.05) is 0 Å². The number of hydrogen-bond acceptors (Lipinski definition) is 12. The number of likely N-dealkylation sites (N-methyl/N-ethyl adjacent to an activating group) is 4. The molecule has 16 nitrogen and oxygen atoms in total. The van der Waals surface area contributed by atoms with Crippen molar-refractivity contribution in [1.82, 2.24) is 19.6 Å². The van der Waals surface area contributed by atoms with E-state index in [0.29, 0.717) is 22.3 Å². The first-order valence-electron chi connectivity index (χ1n) is 26.1. The largest absolute Gasteiger partial charge is 0.450 e. The van der Waals surface area contributed by atoms with Crippen LogP contribution in [0.15, 0.2) is 121 Å². The quantitative estimate of drug-likeness (QED) is 0.110. The molecule has 8 atom stereocenters. The molecule has 8 unspecified atom stereocenters. The Hall–Kier alpha value is -7.36. The predicted molar refractivity (Wildman–Crippen MR) is 286 cm³/mol. The minimum Gasteiger partial charge on any atom is -0.450 e. The lowest BCUT2D eigenvalue weighted by Gasteiger charge is -2.37. The Morgan fingerprint density at radius 1 is 0.303 bits per heavy atom. The van der Waals surface area contributed by atoms with Crippen LogP contribution >= 0.6 is 0 Å². The second-order valence-corrected chi connectivity index (χ2v) is 21.0. The summed E-state index contributed by atoms with van der Waals surface area (Å²) in [5, 5.41) is 0. The van der Waals surface area contributed by atoms with E-state index in [-0.39, 0.29) is 25.7 Å². The summed E-state index contributed by atoms with van der Waals surface area (Å²) in [6, 6.07) is 30.1. The summed E-state index contributed by atoms with van der Waals surface area (Å²) in [4.78, 5) is 123. The molecule has 1 saturated heterocycles. The number of hydrogen-bond donors (Lipinski definition) is 0. The van der Waals surface area contributed by atoms with Gasteiger partial charge in [0.25, 0.3) is 23.6 Å². The lowest BCUT2D eigenvalue weighted by molar-refractivity contribution is -0.179. The second-order valence-electron chi connectivity index (χ2n) is 21.0. The zero-order valence-corrected chi connectivity index (χ0v) is 46.0. The van der Waals surface area contributed by atoms with Crippen molar-refractivity contribution in [3.8, 4) is 0 Å². The number of benzene rings is 4. The number of esters is 4. The summed E-state index contributed by atoms with van der Waals surface area (Å²) in [7, 11) is 5.56. The van der Waals surface area contributed by atoms with Crippen molar-refractivity contribution in [2.24, 2.45) is 23.7 Å². The number of cyclic esters (lactones) is 4. The smallest absolute Gasteiger partial charge is 0.329 e. The third-order valence-electron chi connectivity index (χ3n) is 13.8. The predicted octanol–water partition coefficient (Wildman–Crippen LogP) is 6.55. The molecule has 4 amide bonds. The van der Waals surface area contributed by atoms with Gasteiger partial charge in [-0.15, -0.1) is 0 Å². The Morgan fingerprint density at radius 2 is 0.461 bits per heavy atom. The number of amides is 4. The zero-order valence-electron chi connectivity index (χ0n) is 46.0. The lowest BCUT2D eigenvalue weighted by atomic mass is 9.99. The van der Waals surface area contributed by atoms with Crippen molar-refractivity contribution in [2.75, 3.05) is 28.2 Å². The van der Waals surface area contributed by atoms with Crippen molar-refractivity contribution in [2.45, 2.75) is 130 Å². The van der Waals surface area contributed by atoms with E-state index in [9.17, 15) is 38.4 Å². The number of ether oxygens (including phenoxy) is 4. The molecule has 1 fully saturated rings. The Bertz CT molecular complexity index is 2240. The van der Waals surface area contributed by atoms with Gasteiger partial charge in [-0.2, -0.15) is 0 Å². The van der Waals surface area contributed by atoms with E-state index >= 15 is 0 Å². The fourth-order valence-electron chi connectivity index (χ4n) is 8.98. The molecule has 0 radical (unpaired) electrons. The van der Waals surface area contributed by atoms with Crippen LogP contribution in [0, 0.1) is 23.7 Å². The molecule has 76 heavy (non-hydrogen) atoms. The van der Waals surface area contributed by atoms with Crippen molar-refractivity contribution < 1.29 is 57.3 Å². The monoisotopic (exact) mass is 1040 g/mol. The van der Waals surface area contributed by atoms with Crippen LogP contribution in [-0.2, 0) is 83.0 Å². The molecule has 1 aliphatic heterocycles. The molecule has 0 aliphatic carbocycles. The highest BCUT2D eigenvalue weighted by Crippen LogP contribution is 2.25. The first kappa shape index (κ1) is 59.5. The minimum atomic E-state index is -1.49. The third-order valence-corrected chi connectivity index (χ3v) is 13.8. The highest BCUT2D eigenvalue weighted by Gasteiger charge is 2.45. The van der Waals surface area contributed by atoms with E-state index in [1.165, 1.54) is 28.2 Å². The molecule has 1 aliphatic rings. The number of carbonyl (C=O) groups is 8. The number of nitrogens with zero attached hydrogens (tertiary/aromatic N) is 4. The molecule has 0 bridgehead atoms. The van der Waals surface area contributed by atoms with Gasteiger partial charge in [0.15, 0.2) is 24.4 Å². The van der Waals surface area contributed by atoms with Crippen LogP contribution in [-0.4, -0.2) is 144 Å². The van der Waals surface area contributed by atoms with Crippen LogP contribution in [0.2, 0.25) is 0 Å². The molecule has 0 aromatic heterocycles. The van der Waals surface area contributed by atoms with Crippen LogP contribution in [0.1, 0.15) is 77.6 Å². The maximum Gasteiger partial charge on any atom is 0.329 e. The molecule has 1 heterocycles. The summed E-state index contributed by atoms with van der Waals surface area (Å²) in [6.45, 7) is 13.4. The van der Waals surface area contributed by atoms with Crippen molar-refractivity contribution >= 4 is 47.5 Å². The standard InChI is InChI=1S/C60H76N4O12/c1-37(2)49-53(65)61(9)46(34-42-27-19-14-20-28-42)58(70)74-51(39(5)6)55(67)63(11)48(36-44-31-23-16-24-32-44)60(72)76-52(40(7)8)56(68)64(12)47(35-43-29-21-15-22-30-43)59(71)75-50(38(3)4)54(66)62(10)45(57(69)73-49)33-41-25-17-13-18-26-41/h13-32,37-40,45-52H,33-36H2,1-12H3. The molecular weight excluding hydrogens is 969 g/mol. The van der Waals surface area contributed by atoms with Gasteiger partial charge >= 0.3 is 23.9 Å². The van der Waals surface area contributed by atoms with Gasteiger partial charge in [-0.25, -0.2) is 19.2 Å². The number of carbonyl (C=O) groups excluding carboxylic acids is 8. The molecule has 4 aromatic rings. The van der Waals surface area contributed by atoms with Gasteiger partial charge in [-0.1, -0.05) is 177 Å². The van der Waals surface area contributed by atoms with E-state index in [1.54, 1.807) is 177 Å². The zero-order chi connectivity index (χ0) is 56.0. The van der Waals surface area contributed by atoms with Gasteiger partial charge in [0.05, 0.1) is 0 Å². The van der Waals surface area contributed by atoms with Crippen LogP contribution in [0.25, 0.3) is 0 Å². The normalized spacial score (nSPS) is 23.7. The van der Waals surface area contributed by atoms with Gasteiger partial charge in [0.2, 0.25) is 0 Å². The molecule has 0 spiro atoms. The Labute approximate surface area is 448 Å². The van der Waals surface area contributed by atoms with Gasteiger partial charge in [-0.05, 0) is 45.9 Å². The summed E-state index contributed by atoms with van der Waals surface area (Å²) < 4.78 is 24.6. The molecule has 5 rings (SSSR count). The topological polar surface area (TPSA) is 186 Å². The summed E-state index contributed by atoms with van der Waals surface area (Å²) in [6.07, 6.45) is -6.22. The highest BCUT2D eigenvalue weighted by molar-refractivity contribution is 5.95. The van der Waals surface area contributed by atoms with Crippen LogP contribution in [0.4, 0.5) is 0 Å². The van der Waals surface area contributed by atoms with Gasteiger partial charge < -0.3 is 38.5 Å². The van der Waals surface area contributed by atoms with Gasteiger partial charge in [0, 0.05) is 53.9 Å². The van der Waals surface area contributed by atoms with Crippen LogP contribution in [0.5, 0.6) is 0 Å². The van der Waals surface area contributed by atoms with Crippen molar-refractivity contribution in [1.29, 1.82) is 0 Å². The van der Waals surface area contributed by atoms with Crippen molar-refractivity contribution in [3.63, 3.8) is 0 Å². The van der Waals surface area contributed by atoms with Crippen LogP contribution in [0.3, 0.4) is 0 Å². The maximum atomic E-state index is 14.9. The SMILES string of the molecule is CC(C)C1OC(=O)C(Cc2ccccc2)N(C)C(=O)C(C(C)C)OC(=O)C(Cc2ccccc2)N(C)C(=O)C(C(C)C)OC(=O)C(Cc2ccccc2)N(C)C(=O)C(C(C)C)OC(=O)C(Cc2ccccc2)N(C)C1=O. The molecule has 16 heteroatoms. The average molecular weight is 1050 g/mol. The Kier molecular flexibility index (Phi) is 21.5. The molecule has 0 N–H and O–H groups in total. The first-order valence-corrected chi connectivity index (χ1v) is 26.1. The molecule has 4 aromatic carbocycles. The summed E-state index contributed by atoms with van der Waals surface area (Å²) in [5.74, 6) is -9.42.